The molecule has 1 N–H and O–H groups in total. The Hall–Kier alpha value is -3.03. The highest BCUT2D eigenvalue weighted by molar-refractivity contribution is 5.69. The number of aliphatic hydroxyl groups excluding tert-OH is 1. The van der Waals surface area contributed by atoms with Gasteiger partial charge in [-0.2, -0.15) is 9.78 Å². The first-order valence-electron chi connectivity index (χ1n) is 11.1. The molecule has 0 bridgehead atoms. The molecule has 2 heterocycles. The van der Waals surface area contributed by atoms with Gasteiger partial charge in [-0.15, -0.1) is 0 Å². The number of rotatable bonds is 6. The van der Waals surface area contributed by atoms with Crippen LogP contribution in [0.25, 0.3) is 16.9 Å². The lowest BCUT2D eigenvalue weighted by Crippen LogP contribution is -2.33. The van der Waals surface area contributed by atoms with Crippen LogP contribution in [0.2, 0.25) is 0 Å². The molecule has 32 heavy (non-hydrogen) atoms. The van der Waals surface area contributed by atoms with E-state index in [1.807, 2.05) is 0 Å². The van der Waals surface area contributed by atoms with Gasteiger partial charge in [0, 0.05) is 18.2 Å². The lowest BCUT2D eigenvalue weighted by atomic mass is 9.89. The van der Waals surface area contributed by atoms with Crippen LogP contribution in [0.5, 0.6) is 5.75 Å². The largest absolute Gasteiger partial charge is 0.491 e. The topological polar surface area (TPSA) is 67.6 Å². The highest BCUT2D eigenvalue weighted by Crippen LogP contribution is 2.31. The minimum Gasteiger partial charge on any atom is -0.491 e. The molecule has 1 aliphatic carbocycles. The second-order valence-electron chi connectivity index (χ2n) is 8.54. The van der Waals surface area contributed by atoms with E-state index in [0.717, 1.165) is 36.2 Å². The summed E-state index contributed by atoms with van der Waals surface area (Å²) in [7, 11) is 0. The first kappa shape index (κ1) is 20.8. The number of halogens is 1. The SMILES string of the molecule is O=c1cc2c(nn1-c1ccc(OCC(O)CN3CCCC3)cc1)-c1cc(F)ccc1CC2. The van der Waals surface area contributed by atoms with Crippen molar-refractivity contribution in [2.75, 3.05) is 26.2 Å². The fourth-order valence-corrected chi connectivity index (χ4v) is 4.54. The smallest absolute Gasteiger partial charge is 0.271 e. The van der Waals surface area contributed by atoms with E-state index in [0.29, 0.717) is 30.1 Å². The van der Waals surface area contributed by atoms with Gasteiger partial charge in [0.15, 0.2) is 0 Å². The maximum absolute atomic E-state index is 13.8. The summed E-state index contributed by atoms with van der Waals surface area (Å²) in [5.41, 5.74) is 3.65. The van der Waals surface area contributed by atoms with Crippen molar-refractivity contribution in [2.45, 2.75) is 31.8 Å². The summed E-state index contributed by atoms with van der Waals surface area (Å²) in [6, 6.07) is 13.4. The number of fused-ring (bicyclic) bond motifs is 3. The summed E-state index contributed by atoms with van der Waals surface area (Å²) < 4.78 is 20.9. The van der Waals surface area contributed by atoms with Crippen molar-refractivity contribution in [3.63, 3.8) is 0 Å². The molecule has 1 fully saturated rings. The summed E-state index contributed by atoms with van der Waals surface area (Å²) in [5, 5.41) is 14.8. The quantitative estimate of drug-likeness (QED) is 0.645. The Morgan fingerprint density at radius 3 is 2.56 bits per heavy atom. The second kappa shape index (κ2) is 8.84. The second-order valence-corrected chi connectivity index (χ2v) is 8.54. The average Bonchev–Trinajstić information content (AvgIpc) is 3.30. The third-order valence-electron chi connectivity index (χ3n) is 6.19. The van der Waals surface area contributed by atoms with E-state index in [9.17, 15) is 14.3 Å². The number of aromatic nitrogens is 2. The van der Waals surface area contributed by atoms with Crippen LogP contribution in [0.1, 0.15) is 24.0 Å². The van der Waals surface area contributed by atoms with Crippen LogP contribution in [0.4, 0.5) is 4.39 Å². The van der Waals surface area contributed by atoms with Crippen LogP contribution in [0.15, 0.2) is 53.3 Å². The maximum Gasteiger partial charge on any atom is 0.271 e. The van der Waals surface area contributed by atoms with Crippen molar-refractivity contribution in [2.24, 2.45) is 0 Å². The molecular formula is C25H26FN3O3. The number of likely N-dealkylation sites (tertiary alicyclic amines) is 1. The highest BCUT2D eigenvalue weighted by Gasteiger charge is 2.20. The maximum atomic E-state index is 13.8. The van der Waals surface area contributed by atoms with Gasteiger partial charge in [-0.1, -0.05) is 6.07 Å². The summed E-state index contributed by atoms with van der Waals surface area (Å²) in [4.78, 5) is 14.9. The molecule has 2 aliphatic rings. The highest BCUT2D eigenvalue weighted by atomic mass is 19.1. The van der Waals surface area contributed by atoms with Crippen molar-refractivity contribution in [1.82, 2.24) is 14.7 Å². The molecule has 6 nitrogen and oxygen atoms in total. The van der Waals surface area contributed by atoms with Crippen molar-refractivity contribution in [3.8, 4) is 22.7 Å². The molecule has 1 unspecified atom stereocenters. The predicted molar refractivity (Wildman–Crippen MR) is 120 cm³/mol. The normalized spacial score (nSPS) is 16.4. The van der Waals surface area contributed by atoms with Crippen molar-refractivity contribution in [1.29, 1.82) is 0 Å². The average molecular weight is 435 g/mol. The molecule has 1 atom stereocenters. The first-order chi connectivity index (χ1) is 15.6. The monoisotopic (exact) mass is 435 g/mol. The molecule has 0 spiro atoms. The number of β-amino-alcohol motifs (C(OH)–C–C–N with tert-alkyl or cyclic N) is 1. The minimum atomic E-state index is -0.543. The Bertz CT molecular complexity index is 1170. The van der Waals surface area contributed by atoms with E-state index in [-0.39, 0.29) is 18.0 Å². The zero-order valence-corrected chi connectivity index (χ0v) is 17.8. The van der Waals surface area contributed by atoms with E-state index < -0.39 is 6.10 Å². The number of aryl methyl sites for hydroxylation is 2. The summed E-state index contributed by atoms with van der Waals surface area (Å²) in [6.07, 6.45) is 3.31. The van der Waals surface area contributed by atoms with Gasteiger partial charge in [0.2, 0.25) is 0 Å². The molecule has 7 heteroatoms. The Balaban J connectivity index is 1.33. The predicted octanol–water partition coefficient (Wildman–Crippen LogP) is 2.97. The van der Waals surface area contributed by atoms with Gasteiger partial charge >= 0.3 is 0 Å². The van der Waals surface area contributed by atoms with Crippen molar-refractivity contribution < 1.29 is 14.2 Å². The number of nitrogens with zero attached hydrogens (tertiary/aromatic N) is 3. The fraction of sp³-hybridized carbons (Fsp3) is 0.360. The van der Waals surface area contributed by atoms with E-state index in [2.05, 4.69) is 10.00 Å². The number of hydrogen-bond donors (Lipinski definition) is 1. The van der Waals surface area contributed by atoms with Crippen LogP contribution in [0, 0.1) is 5.82 Å². The lowest BCUT2D eigenvalue weighted by molar-refractivity contribution is 0.0758. The molecule has 5 rings (SSSR count). The fourth-order valence-electron chi connectivity index (χ4n) is 4.54. The first-order valence-corrected chi connectivity index (χ1v) is 11.1. The van der Waals surface area contributed by atoms with Gasteiger partial charge in [0.25, 0.3) is 5.56 Å². The van der Waals surface area contributed by atoms with E-state index in [4.69, 9.17) is 4.74 Å². The molecule has 0 saturated carbocycles. The molecule has 1 saturated heterocycles. The molecule has 1 aliphatic heterocycles. The van der Waals surface area contributed by atoms with E-state index in [1.54, 1.807) is 36.4 Å². The molecule has 0 amide bonds. The van der Waals surface area contributed by atoms with Crippen LogP contribution >= 0.6 is 0 Å². The van der Waals surface area contributed by atoms with Crippen LogP contribution < -0.4 is 10.3 Å². The van der Waals surface area contributed by atoms with Crippen LogP contribution in [-0.2, 0) is 12.8 Å². The Kier molecular flexibility index (Phi) is 5.76. The summed E-state index contributed by atoms with van der Waals surface area (Å²) in [6.45, 7) is 2.90. The van der Waals surface area contributed by atoms with Gasteiger partial charge in [-0.25, -0.2) is 4.39 Å². The van der Waals surface area contributed by atoms with Gasteiger partial charge in [0.05, 0.1) is 11.4 Å². The molecule has 2 aromatic carbocycles. The lowest BCUT2D eigenvalue weighted by Gasteiger charge is -2.20. The Morgan fingerprint density at radius 2 is 1.78 bits per heavy atom. The number of aliphatic hydroxyl groups is 1. The number of hydrogen-bond acceptors (Lipinski definition) is 5. The van der Waals surface area contributed by atoms with Crippen molar-refractivity contribution >= 4 is 0 Å². The van der Waals surface area contributed by atoms with Crippen molar-refractivity contribution in [3.05, 3.63) is 75.8 Å². The Morgan fingerprint density at radius 1 is 1.03 bits per heavy atom. The molecular weight excluding hydrogens is 409 g/mol. The number of benzene rings is 2. The third kappa shape index (κ3) is 4.31. The van der Waals surface area contributed by atoms with E-state index in [1.165, 1.54) is 29.7 Å². The zero-order chi connectivity index (χ0) is 22.1. The minimum absolute atomic E-state index is 0.217. The van der Waals surface area contributed by atoms with E-state index >= 15 is 0 Å². The molecule has 1 aromatic heterocycles. The summed E-state index contributed by atoms with van der Waals surface area (Å²) >= 11 is 0. The number of ether oxygens (including phenoxy) is 1. The molecule has 3 aromatic rings. The zero-order valence-electron chi connectivity index (χ0n) is 17.8. The molecule has 166 valence electrons. The standard InChI is InChI=1S/C25H26FN3O3/c26-19-6-5-17-3-4-18-13-24(31)29(27-25(18)23(17)14-19)20-7-9-22(10-8-20)32-16-21(30)15-28-11-1-2-12-28/h5-10,13-14,21,30H,1-4,11-12,15-16H2. The Labute approximate surface area is 185 Å². The summed E-state index contributed by atoms with van der Waals surface area (Å²) in [5.74, 6) is 0.303. The third-order valence-corrected chi connectivity index (χ3v) is 6.19. The van der Waals surface area contributed by atoms with Crippen LogP contribution in [0.3, 0.4) is 0 Å². The van der Waals surface area contributed by atoms with Gasteiger partial charge in [-0.3, -0.25) is 4.79 Å². The molecule has 0 radical (unpaired) electrons. The van der Waals surface area contributed by atoms with Gasteiger partial charge in [0.1, 0.15) is 24.3 Å². The van der Waals surface area contributed by atoms with Gasteiger partial charge < -0.3 is 14.7 Å². The van der Waals surface area contributed by atoms with Gasteiger partial charge in [-0.05, 0) is 86.3 Å². The van der Waals surface area contributed by atoms with Crippen LogP contribution in [-0.4, -0.2) is 52.1 Å².